The van der Waals surface area contributed by atoms with Gasteiger partial charge in [0.05, 0.1) is 11.1 Å². The number of benzene rings is 2. The highest BCUT2D eigenvalue weighted by Gasteiger charge is 2.37. The van der Waals surface area contributed by atoms with Gasteiger partial charge in [-0.05, 0) is 65.4 Å². The molecule has 0 radical (unpaired) electrons. The second-order valence-electron chi connectivity index (χ2n) is 8.05. The van der Waals surface area contributed by atoms with Gasteiger partial charge in [-0.25, -0.2) is 0 Å². The first-order valence-corrected chi connectivity index (χ1v) is 11.4. The number of carbonyl (C=O) groups excluding carboxylic acids is 3. The Morgan fingerprint density at radius 2 is 1.74 bits per heavy atom. The number of thiophene rings is 1. The predicted octanol–water partition coefficient (Wildman–Crippen LogP) is 4.39. The SMILES string of the molecule is O=C1c2ccc(C(=O)N(Cc3ccsc3)C3CC3)cc2C(=O)N1CCc1ccccc1. The van der Waals surface area contributed by atoms with Crippen molar-refractivity contribution in [1.82, 2.24) is 9.80 Å². The van der Waals surface area contributed by atoms with Crippen molar-refractivity contribution < 1.29 is 14.4 Å². The molecule has 156 valence electrons. The lowest BCUT2D eigenvalue weighted by molar-refractivity contribution is 0.0655. The van der Waals surface area contributed by atoms with E-state index in [9.17, 15) is 14.4 Å². The van der Waals surface area contributed by atoms with Gasteiger partial charge in [0.25, 0.3) is 17.7 Å². The van der Waals surface area contributed by atoms with E-state index in [1.54, 1.807) is 29.5 Å². The molecule has 3 aromatic rings. The third kappa shape index (κ3) is 3.91. The Labute approximate surface area is 184 Å². The highest BCUT2D eigenvalue weighted by molar-refractivity contribution is 7.07. The van der Waals surface area contributed by atoms with E-state index in [0.29, 0.717) is 36.2 Å². The zero-order valence-electron chi connectivity index (χ0n) is 17.0. The van der Waals surface area contributed by atoms with Gasteiger partial charge in [-0.15, -0.1) is 0 Å². The molecule has 0 atom stereocenters. The molecule has 1 aliphatic carbocycles. The van der Waals surface area contributed by atoms with E-state index in [-0.39, 0.29) is 23.8 Å². The third-order valence-corrected chi connectivity index (χ3v) is 6.60. The van der Waals surface area contributed by atoms with Crippen LogP contribution < -0.4 is 0 Å². The van der Waals surface area contributed by atoms with Gasteiger partial charge in [-0.2, -0.15) is 11.3 Å². The van der Waals surface area contributed by atoms with Crippen LogP contribution >= 0.6 is 11.3 Å². The van der Waals surface area contributed by atoms with Gasteiger partial charge in [-0.3, -0.25) is 19.3 Å². The summed E-state index contributed by atoms with van der Waals surface area (Å²) < 4.78 is 0. The van der Waals surface area contributed by atoms with Crippen LogP contribution in [0.2, 0.25) is 0 Å². The minimum atomic E-state index is -0.318. The van der Waals surface area contributed by atoms with Crippen molar-refractivity contribution in [2.75, 3.05) is 6.54 Å². The number of hydrogen-bond acceptors (Lipinski definition) is 4. The van der Waals surface area contributed by atoms with E-state index in [0.717, 1.165) is 24.0 Å². The quantitative estimate of drug-likeness (QED) is 0.523. The second-order valence-corrected chi connectivity index (χ2v) is 8.83. The fourth-order valence-corrected chi connectivity index (χ4v) is 4.67. The summed E-state index contributed by atoms with van der Waals surface area (Å²) in [5.41, 5.74) is 3.36. The summed E-state index contributed by atoms with van der Waals surface area (Å²) in [6.45, 7) is 0.895. The van der Waals surface area contributed by atoms with E-state index in [1.165, 1.54) is 4.90 Å². The van der Waals surface area contributed by atoms with Crippen molar-refractivity contribution in [2.24, 2.45) is 0 Å². The Kier molecular flexibility index (Phi) is 5.16. The molecule has 1 aliphatic heterocycles. The summed E-state index contributed by atoms with van der Waals surface area (Å²) in [5.74, 6) is -0.687. The van der Waals surface area contributed by atoms with Crippen molar-refractivity contribution in [3.05, 3.63) is 93.2 Å². The van der Waals surface area contributed by atoms with Crippen LogP contribution in [-0.4, -0.2) is 40.1 Å². The lowest BCUT2D eigenvalue weighted by Gasteiger charge is -2.22. The van der Waals surface area contributed by atoms with Crippen LogP contribution in [0, 0.1) is 0 Å². The molecule has 0 spiro atoms. The van der Waals surface area contributed by atoms with Crippen molar-refractivity contribution >= 4 is 29.1 Å². The molecule has 2 aromatic carbocycles. The number of rotatable bonds is 7. The topological polar surface area (TPSA) is 57.7 Å². The summed E-state index contributed by atoms with van der Waals surface area (Å²) >= 11 is 1.62. The van der Waals surface area contributed by atoms with Crippen molar-refractivity contribution in [2.45, 2.75) is 31.8 Å². The van der Waals surface area contributed by atoms with Crippen molar-refractivity contribution in [3.8, 4) is 0 Å². The largest absolute Gasteiger partial charge is 0.331 e. The van der Waals surface area contributed by atoms with Crippen LogP contribution in [0.4, 0.5) is 0 Å². The highest BCUT2D eigenvalue weighted by atomic mass is 32.1. The van der Waals surface area contributed by atoms with E-state index >= 15 is 0 Å². The number of fused-ring (bicyclic) bond motifs is 1. The maximum absolute atomic E-state index is 13.3. The zero-order valence-corrected chi connectivity index (χ0v) is 17.8. The fraction of sp³-hybridized carbons (Fsp3) is 0.240. The van der Waals surface area contributed by atoms with Gasteiger partial charge in [0, 0.05) is 24.7 Å². The molecule has 5 rings (SSSR count). The molecule has 0 unspecified atom stereocenters. The number of nitrogens with zero attached hydrogens (tertiary/aromatic N) is 2. The summed E-state index contributed by atoms with van der Waals surface area (Å²) in [4.78, 5) is 42.2. The second kappa shape index (κ2) is 8.12. The molecule has 3 amide bonds. The molecule has 0 saturated heterocycles. The Balaban J connectivity index is 1.35. The smallest absolute Gasteiger partial charge is 0.261 e. The molecule has 0 bridgehead atoms. The lowest BCUT2D eigenvalue weighted by atomic mass is 10.0. The van der Waals surface area contributed by atoms with E-state index < -0.39 is 0 Å². The summed E-state index contributed by atoms with van der Waals surface area (Å²) in [6.07, 6.45) is 2.62. The van der Waals surface area contributed by atoms with Crippen LogP contribution in [0.25, 0.3) is 0 Å². The lowest BCUT2D eigenvalue weighted by Crippen LogP contribution is -2.32. The zero-order chi connectivity index (χ0) is 21.4. The van der Waals surface area contributed by atoms with E-state index in [2.05, 4.69) is 5.38 Å². The minimum absolute atomic E-state index is 0.0838. The average molecular weight is 431 g/mol. The number of hydrogen-bond donors (Lipinski definition) is 0. The third-order valence-electron chi connectivity index (χ3n) is 5.87. The molecule has 1 saturated carbocycles. The van der Waals surface area contributed by atoms with Gasteiger partial charge >= 0.3 is 0 Å². The van der Waals surface area contributed by atoms with Crippen molar-refractivity contribution in [1.29, 1.82) is 0 Å². The molecule has 1 fully saturated rings. The summed E-state index contributed by atoms with van der Waals surface area (Å²) in [7, 11) is 0. The standard InChI is InChI=1S/C25H22N2O3S/c28-23(27(20-7-8-20)15-18-11-13-31-16-18)19-6-9-21-22(14-19)25(30)26(24(21)29)12-10-17-4-2-1-3-5-17/h1-6,9,11,13-14,16,20H,7-8,10,12,15H2. The maximum atomic E-state index is 13.3. The van der Waals surface area contributed by atoms with E-state index in [1.807, 2.05) is 46.7 Å². The Hall–Kier alpha value is -3.25. The molecule has 0 N–H and O–H groups in total. The highest BCUT2D eigenvalue weighted by Crippen LogP contribution is 2.31. The Morgan fingerprint density at radius 3 is 2.45 bits per heavy atom. The minimum Gasteiger partial charge on any atom is -0.331 e. The molecule has 5 nitrogen and oxygen atoms in total. The van der Waals surface area contributed by atoms with E-state index in [4.69, 9.17) is 0 Å². The first-order valence-electron chi connectivity index (χ1n) is 10.5. The predicted molar refractivity (Wildman–Crippen MR) is 119 cm³/mol. The van der Waals surface area contributed by atoms with Crippen LogP contribution in [0.5, 0.6) is 0 Å². The van der Waals surface area contributed by atoms with Crippen LogP contribution in [-0.2, 0) is 13.0 Å². The van der Waals surface area contributed by atoms with Crippen molar-refractivity contribution in [3.63, 3.8) is 0 Å². The number of amides is 3. The van der Waals surface area contributed by atoms with Gasteiger partial charge in [0.2, 0.25) is 0 Å². The van der Waals surface area contributed by atoms with Gasteiger partial charge in [0.1, 0.15) is 0 Å². The maximum Gasteiger partial charge on any atom is 0.261 e. The van der Waals surface area contributed by atoms with Crippen LogP contribution in [0.1, 0.15) is 55.0 Å². The average Bonchev–Trinajstić information content (AvgIpc) is 3.45. The molecular formula is C25H22N2O3S. The first kappa shape index (κ1) is 19.7. The molecule has 1 aromatic heterocycles. The normalized spacial score (nSPS) is 15.3. The molecule has 6 heteroatoms. The summed E-state index contributed by atoms with van der Waals surface area (Å²) in [5, 5.41) is 4.06. The molecular weight excluding hydrogens is 408 g/mol. The fourth-order valence-electron chi connectivity index (χ4n) is 4.01. The Bertz CT molecular complexity index is 1140. The number of imide groups is 1. The van der Waals surface area contributed by atoms with Gasteiger partial charge in [-0.1, -0.05) is 30.3 Å². The monoisotopic (exact) mass is 430 g/mol. The Morgan fingerprint density at radius 1 is 0.968 bits per heavy atom. The van der Waals surface area contributed by atoms with Gasteiger partial charge in [0.15, 0.2) is 0 Å². The first-order chi connectivity index (χ1) is 15.1. The molecule has 2 aliphatic rings. The molecule has 2 heterocycles. The van der Waals surface area contributed by atoms with Crippen LogP contribution in [0.3, 0.4) is 0 Å². The van der Waals surface area contributed by atoms with Crippen LogP contribution in [0.15, 0.2) is 65.4 Å². The molecule has 31 heavy (non-hydrogen) atoms. The number of carbonyl (C=O) groups is 3. The summed E-state index contributed by atoms with van der Waals surface area (Å²) in [6, 6.07) is 17.0. The van der Waals surface area contributed by atoms with Gasteiger partial charge < -0.3 is 4.90 Å².